The first-order valence-electron chi connectivity index (χ1n) is 3.77. The number of aromatic nitrogens is 1. The average Bonchev–Trinajstić information content (AvgIpc) is 2.16. The molecule has 0 fully saturated rings. The van der Waals surface area contributed by atoms with E-state index < -0.39 is 0 Å². The summed E-state index contributed by atoms with van der Waals surface area (Å²) in [5, 5.41) is 14.9. The van der Waals surface area contributed by atoms with Crippen LogP contribution in [0.1, 0.15) is 5.56 Å². The zero-order valence-corrected chi connectivity index (χ0v) is 7.26. The number of hydrogen-bond donors (Lipinski definition) is 3. The summed E-state index contributed by atoms with van der Waals surface area (Å²) in [6.45, 7) is -0.0137. The predicted octanol–water partition coefficient (Wildman–Crippen LogP) is 0.657. The normalized spacial score (nSPS) is 9.58. The largest absolute Gasteiger partial charge is 0.391 e. The Balaban J connectivity index is 3.13. The Hall–Kier alpha value is -1.29. The van der Waals surface area contributed by atoms with E-state index in [-0.39, 0.29) is 6.61 Å². The highest BCUT2D eigenvalue weighted by molar-refractivity contribution is 5.60. The van der Waals surface area contributed by atoms with Gasteiger partial charge in [-0.2, -0.15) is 0 Å². The highest BCUT2D eigenvalue weighted by Gasteiger charge is 2.05. The highest BCUT2D eigenvalue weighted by Crippen LogP contribution is 2.20. The lowest BCUT2D eigenvalue weighted by molar-refractivity contribution is 0.283. The van der Waals surface area contributed by atoms with Gasteiger partial charge < -0.3 is 15.7 Å². The third kappa shape index (κ3) is 1.48. The second-order valence-corrected chi connectivity index (χ2v) is 2.34. The number of nitrogens with one attached hydrogen (secondary N) is 2. The van der Waals surface area contributed by atoms with Crippen LogP contribution in [0.25, 0.3) is 0 Å². The Morgan fingerprint density at radius 1 is 1.42 bits per heavy atom. The monoisotopic (exact) mass is 167 g/mol. The van der Waals surface area contributed by atoms with Crippen molar-refractivity contribution in [1.82, 2.24) is 4.98 Å². The van der Waals surface area contributed by atoms with E-state index in [0.29, 0.717) is 5.82 Å². The molecule has 0 saturated carbocycles. The summed E-state index contributed by atoms with van der Waals surface area (Å²) in [6.07, 6.45) is 1.69. The number of aliphatic hydroxyl groups excluding tert-OH is 1. The van der Waals surface area contributed by atoms with Crippen molar-refractivity contribution in [2.75, 3.05) is 24.7 Å². The molecular formula is C8H13N3O. The van der Waals surface area contributed by atoms with Gasteiger partial charge in [0.05, 0.1) is 6.61 Å². The van der Waals surface area contributed by atoms with Gasteiger partial charge in [0.2, 0.25) is 0 Å². The van der Waals surface area contributed by atoms with E-state index >= 15 is 0 Å². The summed E-state index contributed by atoms with van der Waals surface area (Å²) in [4.78, 5) is 4.07. The van der Waals surface area contributed by atoms with Crippen molar-refractivity contribution in [1.29, 1.82) is 0 Å². The Bertz CT molecular complexity index is 240. The second-order valence-electron chi connectivity index (χ2n) is 2.34. The second kappa shape index (κ2) is 3.92. The summed E-state index contributed by atoms with van der Waals surface area (Å²) in [6, 6.07) is 1.83. The molecule has 1 heterocycles. The van der Waals surface area contributed by atoms with Crippen LogP contribution in [0.3, 0.4) is 0 Å². The molecule has 4 nitrogen and oxygen atoms in total. The Morgan fingerprint density at radius 2 is 2.17 bits per heavy atom. The van der Waals surface area contributed by atoms with Crippen molar-refractivity contribution in [3.05, 3.63) is 17.8 Å². The van der Waals surface area contributed by atoms with Gasteiger partial charge in [-0.1, -0.05) is 0 Å². The number of aliphatic hydroxyl groups is 1. The van der Waals surface area contributed by atoms with Crippen molar-refractivity contribution in [3.8, 4) is 0 Å². The summed E-state index contributed by atoms with van der Waals surface area (Å²) in [5.74, 6) is 0.712. The maximum Gasteiger partial charge on any atom is 0.133 e. The Kier molecular flexibility index (Phi) is 2.88. The fraction of sp³-hybridized carbons (Fsp3) is 0.375. The van der Waals surface area contributed by atoms with Crippen LogP contribution in [0.2, 0.25) is 0 Å². The minimum Gasteiger partial charge on any atom is -0.391 e. The molecule has 12 heavy (non-hydrogen) atoms. The van der Waals surface area contributed by atoms with Crippen LogP contribution in [-0.2, 0) is 6.61 Å². The SMILES string of the molecule is CNc1ccnc(NC)c1CO. The molecule has 66 valence electrons. The number of nitrogens with zero attached hydrogens (tertiary/aromatic N) is 1. The maximum atomic E-state index is 9.04. The minimum absolute atomic E-state index is 0.0137. The van der Waals surface area contributed by atoms with Crippen LogP contribution in [0.15, 0.2) is 12.3 Å². The van der Waals surface area contributed by atoms with Crippen molar-refractivity contribution in [3.63, 3.8) is 0 Å². The van der Waals surface area contributed by atoms with E-state index in [1.54, 1.807) is 13.2 Å². The molecule has 0 radical (unpaired) electrons. The molecule has 0 aliphatic carbocycles. The van der Waals surface area contributed by atoms with Crippen LogP contribution in [0, 0.1) is 0 Å². The molecule has 3 N–H and O–H groups in total. The first-order chi connectivity index (χ1) is 5.83. The molecule has 4 heteroatoms. The van der Waals surface area contributed by atoms with Crippen molar-refractivity contribution in [2.24, 2.45) is 0 Å². The van der Waals surface area contributed by atoms with E-state index in [1.807, 2.05) is 13.1 Å². The van der Waals surface area contributed by atoms with Crippen molar-refractivity contribution < 1.29 is 5.11 Å². The van der Waals surface area contributed by atoms with E-state index in [1.165, 1.54) is 0 Å². The number of rotatable bonds is 3. The van der Waals surface area contributed by atoms with Gasteiger partial charge in [-0.05, 0) is 6.07 Å². The quantitative estimate of drug-likeness (QED) is 0.619. The summed E-state index contributed by atoms with van der Waals surface area (Å²) < 4.78 is 0. The lowest BCUT2D eigenvalue weighted by Gasteiger charge is -2.10. The summed E-state index contributed by atoms with van der Waals surface area (Å²) >= 11 is 0. The molecule has 0 aromatic carbocycles. The lowest BCUT2D eigenvalue weighted by atomic mass is 10.2. The Labute approximate surface area is 71.6 Å². The number of hydrogen-bond acceptors (Lipinski definition) is 4. The van der Waals surface area contributed by atoms with Gasteiger partial charge >= 0.3 is 0 Å². The predicted molar refractivity (Wildman–Crippen MR) is 49.3 cm³/mol. The molecule has 0 bridgehead atoms. The maximum absolute atomic E-state index is 9.04. The van der Waals surface area contributed by atoms with Gasteiger partial charge in [-0.3, -0.25) is 0 Å². The molecule has 1 aromatic heterocycles. The van der Waals surface area contributed by atoms with E-state index in [2.05, 4.69) is 15.6 Å². The molecule has 0 atom stereocenters. The number of pyridine rings is 1. The number of anilines is 2. The molecule has 0 spiro atoms. The van der Waals surface area contributed by atoms with Crippen LogP contribution in [0.5, 0.6) is 0 Å². The zero-order chi connectivity index (χ0) is 8.97. The first kappa shape index (κ1) is 8.80. The standard InChI is InChI=1S/C8H13N3O/c1-9-7-3-4-11-8(10-2)6(7)5-12/h3-4,12H,5H2,1-2H3,(H2,9,10,11). The third-order valence-corrected chi connectivity index (χ3v) is 1.72. The topological polar surface area (TPSA) is 57.2 Å². The van der Waals surface area contributed by atoms with Gasteiger partial charge in [-0.25, -0.2) is 4.98 Å². The molecular weight excluding hydrogens is 154 g/mol. The van der Waals surface area contributed by atoms with Crippen molar-refractivity contribution >= 4 is 11.5 Å². The van der Waals surface area contributed by atoms with Gasteiger partial charge in [0.25, 0.3) is 0 Å². The van der Waals surface area contributed by atoms with Crippen LogP contribution >= 0.6 is 0 Å². The van der Waals surface area contributed by atoms with Crippen LogP contribution in [-0.4, -0.2) is 24.2 Å². The molecule has 0 amide bonds. The first-order valence-corrected chi connectivity index (χ1v) is 3.77. The van der Waals surface area contributed by atoms with Gasteiger partial charge in [0.15, 0.2) is 0 Å². The lowest BCUT2D eigenvalue weighted by Crippen LogP contribution is -2.02. The van der Waals surface area contributed by atoms with Crippen molar-refractivity contribution in [2.45, 2.75) is 6.61 Å². The third-order valence-electron chi connectivity index (χ3n) is 1.72. The zero-order valence-electron chi connectivity index (χ0n) is 7.26. The van der Waals surface area contributed by atoms with E-state index in [0.717, 1.165) is 11.3 Å². The van der Waals surface area contributed by atoms with Crippen LogP contribution in [0.4, 0.5) is 11.5 Å². The molecule has 1 aromatic rings. The van der Waals surface area contributed by atoms with E-state index in [9.17, 15) is 0 Å². The van der Waals surface area contributed by atoms with E-state index in [4.69, 9.17) is 5.11 Å². The van der Waals surface area contributed by atoms with Gasteiger partial charge in [0, 0.05) is 31.5 Å². The fourth-order valence-electron chi connectivity index (χ4n) is 1.10. The van der Waals surface area contributed by atoms with Gasteiger partial charge in [-0.15, -0.1) is 0 Å². The molecule has 0 aliphatic heterocycles. The molecule has 0 unspecified atom stereocenters. The molecule has 0 aliphatic rings. The summed E-state index contributed by atoms with van der Waals surface area (Å²) in [7, 11) is 3.59. The Morgan fingerprint density at radius 3 is 2.67 bits per heavy atom. The highest BCUT2D eigenvalue weighted by atomic mass is 16.3. The average molecular weight is 167 g/mol. The molecule has 0 saturated heterocycles. The van der Waals surface area contributed by atoms with Crippen LogP contribution < -0.4 is 10.6 Å². The fourth-order valence-corrected chi connectivity index (χ4v) is 1.10. The minimum atomic E-state index is -0.0137. The smallest absolute Gasteiger partial charge is 0.133 e. The summed E-state index contributed by atoms with van der Waals surface area (Å²) in [5.41, 5.74) is 1.69. The van der Waals surface area contributed by atoms with Gasteiger partial charge in [0.1, 0.15) is 5.82 Å². The molecule has 1 rings (SSSR count).